The van der Waals surface area contributed by atoms with Crippen molar-refractivity contribution in [2.24, 2.45) is 0 Å². The molecular weight excluding hydrogens is 518 g/mol. The number of hydrogen-bond acceptors (Lipinski definition) is 6. The van der Waals surface area contributed by atoms with Crippen molar-refractivity contribution in [3.05, 3.63) is 122 Å². The molecule has 0 aliphatic carbocycles. The van der Waals surface area contributed by atoms with E-state index in [1.165, 1.54) is 6.20 Å². The number of carbonyl (C=O) groups is 2. The third-order valence-corrected chi connectivity index (χ3v) is 6.70. The standard InChI is InChI=1S/C29H22ClN5O4/c30-21-7-2-1-6-19(21)8-11-23-26(28(37)39-16-18-5-3-4-17(12-18)14-31)27(35-29(38)34-23)20-9-10-22-24(13-20)33-25(36)15-32-22/h1-7,9-10,12-13,15,27H,8,11,16H2,(H,33,36)(H2,34,35,38). The molecule has 0 radical (unpaired) electrons. The quantitative estimate of drug-likeness (QED) is 0.297. The second kappa shape index (κ2) is 11.2. The fourth-order valence-electron chi connectivity index (χ4n) is 4.46. The molecule has 39 heavy (non-hydrogen) atoms. The summed E-state index contributed by atoms with van der Waals surface area (Å²) in [5.74, 6) is -0.635. The SMILES string of the molecule is N#Cc1cccc(COC(=O)C2=C(CCc3ccccc3Cl)NC(=O)NC2c2ccc3ncc(=O)[nH]c3c2)c1. The van der Waals surface area contributed by atoms with Gasteiger partial charge in [-0.25, -0.2) is 14.6 Å². The minimum Gasteiger partial charge on any atom is -0.457 e. The predicted molar refractivity (Wildman–Crippen MR) is 145 cm³/mol. The molecule has 3 N–H and O–H groups in total. The van der Waals surface area contributed by atoms with Gasteiger partial charge < -0.3 is 20.4 Å². The van der Waals surface area contributed by atoms with Crippen LogP contribution < -0.4 is 16.2 Å². The lowest BCUT2D eigenvalue weighted by molar-refractivity contribution is -0.140. The number of benzene rings is 3. The fraction of sp³-hybridized carbons (Fsp3) is 0.138. The molecule has 1 aromatic heterocycles. The molecule has 2 amide bonds. The Morgan fingerprint density at radius 1 is 1.05 bits per heavy atom. The Morgan fingerprint density at radius 2 is 1.90 bits per heavy atom. The van der Waals surface area contributed by atoms with Gasteiger partial charge in [0.1, 0.15) is 6.61 Å². The minimum absolute atomic E-state index is 0.0642. The van der Waals surface area contributed by atoms with Gasteiger partial charge in [-0.15, -0.1) is 0 Å². The Kier molecular flexibility index (Phi) is 7.39. The summed E-state index contributed by atoms with van der Waals surface area (Å²) in [6.45, 7) is -0.0642. The zero-order valence-corrected chi connectivity index (χ0v) is 21.3. The van der Waals surface area contributed by atoms with E-state index in [9.17, 15) is 19.6 Å². The van der Waals surface area contributed by atoms with Crippen molar-refractivity contribution in [3.63, 3.8) is 0 Å². The molecule has 1 unspecified atom stereocenters. The average molecular weight is 540 g/mol. The maximum Gasteiger partial charge on any atom is 0.338 e. The Hall–Kier alpha value is -4.94. The first kappa shape index (κ1) is 25.7. The number of urea groups is 1. The largest absolute Gasteiger partial charge is 0.457 e. The number of ether oxygens (including phenoxy) is 1. The summed E-state index contributed by atoms with van der Waals surface area (Å²) >= 11 is 6.34. The monoisotopic (exact) mass is 539 g/mol. The van der Waals surface area contributed by atoms with Gasteiger partial charge in [0.15, 0.2) is 0 Å². The van der Waals surface area contributed by atoms with E-state index in [-0.39, 0.29) is 17.7 Å². The molecular formula is C29H22ClN5O4. The first-order valence-corrected chi connectivity index (χ1v) is 12.5. The number of amides is 2. The Bertz CT molecular complexity index is 1720. The summed E-state index contributed by atoms with van der Waals surface area (Å²) in [7, 11) is 0. The van der Waals surface area contributed by atoms with Crippen molar-refractivity contribution in [1.29, 1.82) is 5.26 Å². The molecule has 1 aliphatic heterocycles. The molecule has 2 heterocycles. The zero-order chi connectivity index (χ0) is 27.4. The second-order valence-electron chi connectivity index (χ2n) is 8.93. The van der Waals surface area contributed by atoms with Crippen LogP contribution in [0, 0.1) is 11.3 Å². The van der Waals surface area contributed by atoms with E-state index >= 15 is 0 Å². The number of aryl methyl sites for hydroxylation is 1. The van der Waals surface area contributed by atoms with Gasteiger partial charge in [0.25, 0.3) is 5.56 Å². The highest BCUT2D eigenvalue weighted by Crippen LogP contribution is 2.31. The number of halogens is 1. The third kappa shape index (κ3) is 5.81. The third-order valence-electron chi connectivity index (χ3n) is 6.33. The van der Waals surface area contributed by atoms with Crippen LogP contribution in [-0.4, -0.2) is 22.0 Å². The van der Waals surface area contributed by atoms with Crippen LogP contribution in [-0.2, 0) is 22.6 Å². The van der Waals surface area contributed by atoms with E-state index in [1.54, 1.807) is 48.5 Å². The van der Waals surface area contributed by atoms with Crippen LogP contribution in [0.2, 0.25) is 5.02 Å². The highest BCUT2D eigenvalue weighted by molar-refractivity contribution is 6.31. The number of hydrogen-bond donors (Lipinski definition) is 3. The lowest BCUT2D eigenvalue weighted by atomic mass is 9.92. The number of H-pyrrole nitrogens is 1. The van der Waals surface area contributed by atoms with Gasteiger partial charge in [0, 0.05) is 10.7 Å². The molecule has 0 bridgehead atoms. The number of aromatic amines is 1. The molecule has 5 rings (SSSR count). The summed E-state index contributed by atoms with van der Waals surface area (Å²) in [5, 5.41) is 15.3. The van der Waals surface area contributed by atoms with Crippen LogP contribution in [0.5, 0.6) is 0 Å². The van der Waals surface area contributed by atoms with Crippen molar-refractivity contribution in [3.8, 4) is 6.07 Å². The summed E-state index contributed by atoms with van der Waals surface area (Å²) < 4.78 is 5.67. The number of esters is 1. The molecule has 1 atom stereocenters. The Morgan fingerprint density at radius 3 is 2.72 bits per heavy atom. The van der Waals surface area contributed by atoms with Crippen molar-refractivity contribution >= 4 is 34.6 Å². The summed E-state index contributed by atoms with van der Waals surface area (Å²) in [6, 6.07) is 20.0. The fourth-order valence-corrected chi connectivity index (χ4v) is 4.69. The lowest BCUT2D eigenvalue weighted by Gasteiger charge is -2.29. The number of fused-ring (bicyclic) bond motifs is 1. The van der Waals surface area contributed by atoms with E-state index in [2.05, 4.69) is 26.7 Å². The first-order chi connectivity index (χ1) is 18.9. The Labute approximate surface area is 228 Å². The number of aromatic nitrogens is 2. The summed E-state index contributed by atoms with van der Waals surface area (Å²) in [6.07, 6.45) is 1.97. The summed E-state index contributed by atoms with van der Waals surface area (Å²) in [4.78, 5) is 45.0. The highest BCUT2D eigenvalue weighted by atomic mass is 35.5. The van der Waals surface area contributed by atoms with Gasteiger partial charge in [0.05, 0.1) is 40.5 Å². The van der Waals surface area contributed by atoms with Crippen LogP contribution in [0.1, 0.15) is 34.7 Å². The second-order valence-corrected chi connectivity index (χ2v) is 9.33. The maximum absolute atomic E-state index is 13.6. The molecule has 0 fully saturated rings. The van der Waals surface area contributed by atoms with Crippen molar-refractivity contribution in [1.82, 2.24) is 20.6 Å². The van der Waals surface area contributed by atoms with E-state index in [4.69, 9.17) is 16.3 Å². The van der Waals surface area contributed by atoms with Crippen LogP contribution >= 0.6 is 11.6 Å². The molecule has 0 spiro atoms. The molecule has 9 nitrogen and oxygen atoms in total. The average Bonchev–Trinajstić information content (AvgIpc) is 2.94. The number of nitrogens with one attached hydrogen (secondary N) is 3. The topological polar surface area (TPSA) is 137 Å². The van der Waals surface area contributed by atoms with Gasteiger partial charge in [-0.1, -0.05) is 48.0 Å². The van der Waals surface area contributed by atoms with E-state index in [1.807, 2.05) is 18.2 Å². The molecule has 10 heteroatoms. The van der Waals surface area contributed by atoms with Crippen LogP contribution in [0.25, 0.3) is 11.0 Å². The van der Waals surface area contributed by atoms with E-state index in [0.29, 0.717) is 51.3 Å². The molecule has 0 saturated heterocycles. The molecule has 1 aliphatic rings. The van der Waals surface area contributed by atoms with Crippen LogP contribution in [0.4, 0.5) is 4.79 Å². The molecule has 4 aromatic rings. The predicted octanol–water partition coefficient (Wildman–Crippen LogP) is 4.43. The number of nitriles is 1. The normalized spacial score (nSPS) is 14.9. The lowest BCUT2D eigenvalue weighted by Crippen LogP contribution is -2.46. The molecule has 3 aromatic carbocycles. The first-order valence-electron chi connectivity index (χ1n) is 12.1. The number of carbonyl (C=O) groups excluding carboxylic acids is 2. The number of rotatable bonds is 7. The van der Waals surface area contributed by atoms with Crippen molar-refractivity contribution in [2.45, 2.75) is 25.5 Å². The zero-order valence-electron chi connectivity index (χ0n) is 20.5. The smallest absolute Gasteiger partial charge is 0.338 e. The van der Waals surface area contributed by atoms with Gasteiger partial charge in [-0.3, -0.25) is 4.79 Å². The Balaban J connectivity index is 1.52. The van der Waals surface area contributed by atoms with Gasteiger partial charge in [0.2, 0.25) is 0 Å². The van der Waals surface area contributed by atoms with Gasteiger partial charge in [-0.2, -0.15) is 5.26 Å². The van der Waals surface area contributed by atoms with E-state index in [0.717, 1.165) is 5.56 Å². The van der Waals surface area contributed by atoms with Gasteiger partial charge in [-0.05, 0) is 59.9 Å². The van der Waals surface area contributed by atoms with Crippen molar-refractivity contribution < 1.29 is 14.3 Å². The van der Waals surface area contributed by atoms with E-state index < -0.39 is 18.0 Å². The minimum atomic E-state index is -0.856. The maximum atomic E-state index is 13.6. The highest BCUT2D eigenvalue weighted by Gasteiger charge is 2.34. The number of allylic oxidation sites excluding steroid dienone is 1. The van der Waals surface area contributed by atoms with Crippen LogP contribution in [0.15, 0.2) is 89.0 Å². The van der Waals surface area contributed by atoms with Gasteiger partial charge >= 0.3 is 12.0 Å². The summed E-state index contributed by atoms with van der Waals surface area (Å²) in [5.41, 5.74) is 3.81. The van der Waals surface area contributed by atoms with Crippen molar-refractivity contribution in [2.75, 3.05) is 0 Å². The molecule has 194 valence electrons. The number of nitrogens with zero attached hydrogens (tertiary/aromatic N) is 2. The van der Waals surface area contributed by atoms with Crippen LogP contribution in [0.3, 0.4) is 0 Å². The molecule has 0 saturated carbocycles.